The van der Waals surface area contributed by atoms with E-state index in [1.807, 2.05) is 30.3 Å². The number of hydrogen-bond acceptors (Lipinski definition) is 3. The summed E-state index contributed by atoms with van der Waals surface area (Å²) >= 11 is 1.67. The van der Waals surface area contributed by atoms with Crippen LogP contribution in [0.1, 0.15) is 54.3 Å². The first-order valence-corrected chi connectivity index (χ1v) is 8.94. The van der Waals surface area contributed by atoms with E-state index in [2.05, 4.69) is 10.7 Å². The summed E-state index contributed by atoms with van der Waals surface area (Å²) in [5.74, 6) is 0.694. The summed E-state index contributed by atoms with van der Waals surface area (Å²) in [6, 6.07) is 9.83. The Morgan fingerprint density at radius 3 is 2.73 bits per heavy atom. The normalized spacial score (nSPS) is 15.6. The molecule has 2 aromatic rings. The van der Waals surface area contributed by atoms with Gasteiger partial charge in [-0.25, -0.2) is 4.98 Å². The molecule has 3 rings (SSSR count). The van der Waals surface area contributed by atoms with Gasteiger partial charge in [0.25, 0.3) is 0 Å². The summed E-state index contributed by atoms with van der Waals surface area (Å²) in [5, 5.41) is 6.16. The molecule has 1 saturated carbocycles. The summed E-state index contributed by atoms with van der Waals surface area (Å²) < 4.78 is 0. The lowest BCUT2D eigenvalue weighted by molar-refractivity contribution is -0.120. The van der Waals surface area contributed by atoms with Crippen molar-refractivity contribution in [1.29, 1.82) is 0 Å². The monoisotopic (exact) mass is 314 g/mol. The molecule has 3 nitrogen and oxygen atoms in total. The Morgan fingerprint density at radius 1 is 1.18 bits per heavy atom. The SMILES string of the molecule is O=C(Cc1ccccc1)NCc1nc(C2CCCCC2)cs1. The molecule has 1 aliphatic carbocycles. The van der Waals surface area contributed by atoms with E-state index in [-0.39, 0.29) is 5.91 Å². The smallest absolute Gasteiger partial charge is 0.224 e. The second-order valence-electron chi connectivity index (χ2n) is 5.94. The quantitative estimate of drug-likeness (QED) is 0.904. The van der Waals surface area contributed by atoms with Crippen LogP contribution in [0.5, 0.6) is 0 Å². The van der Waals surface area contributed by atoms with Crippen LogP contribution in [-0.2, 0) is 17.8 Å². The van der Waals surface area contributed by atoms with E-state index >= 15 is 0 Å². The summed E-state index contributed by atoms with van der Waals surface area (Å²) in [6.07, 6.45) is 6.98. The number of carbonyl (C=O) groups is 1. The van der Waals surface area contributed by atoms with E-state index in [1.54, 1.807) is 11.3 Å². The molecule has 0 spiro atoms. The highest BCUT2D eigenvalue weighted by Gasteiger charge is 2.18. The number of thiazole rings is 1. The lowest BCUT2D eigenvalue weighted by Crippen LogP contribution is -2.24. The van der Waals surface area contributed by atoms with Crippen molar-refractivity contribution in [3.05, 3.63) is 52.0 Å². The molecule has 4 heteroatoms. The Balaban J connectivity index is 1.49. The Hall–Kier alpha value is -1.68. The minimum absolute atomic E-state index is 0.0561. The zero-order valence-corrected chi connectivity index (χ0v) is 13.6. The van der Waals surface area contributed by atoms with E-state index in [9.17, 15) is 4.79 Å². The standard InChI is InChI=1S/C18H22N2OS/c21-17(11-14-7-3-1-4-8-14)19-12-18-20-16(13-22-18)15-9-5-2-6-10-15/h1,3-4,7-8,13,15H,2,5-6,9-12H2,(H,19,21). The maximum atomic E-state index is 12.0. The van der Waals surface area contributed by atoms with Crippen LogP contribution < -0.4 is 5.32 Å². The van der Waals surface area contributed by atoms with Crippen molar-refractivity contribution in [1.82, 2.24) is 10.3 Å². The van der Waals surface area contributed by atoms with Crippen LogP contribution in [0.25, 0.3) is 0 Å². The van der Waals surface area contributed by atoms with E-state index in [0.29, 0.717) is 18.9 Å². The minimum atomic E-state index is 0.0561. The Labute approximate surface area is 135 Å². The maximum Gasteiger partial charge on any atom is 0.224 e. The van der Waals surface area contributed by atoms with Gasteiger partial charge < -0.3 is 5.32 Å². The third kappa shape index (κ3) is 4.17. The second-order valence-corrected chi connectivity index (χ2v) is 6.88. The molecule has 22 heavy (non-hydrogen) atoms. The predicted molar refractivity (Wildman–Crippen MR) is 89.9 cm³/mol. The molecule has 1 N–H and O–H groups in total. The topological polar surface area (TPSA) is 42.0 Å². The number of hydrogen-bond donors (Lipinski definition) is 1. The van der Waals surface area contributed by atoms with E-state index in [0.717, 1.165) is 10.6 Å². The van der Waals surface area contributed by atoms with Gasteiger partial charge in [0.2, 0.25) is 5.91 Å². The lowest BCUT2D eigenvalue weighted by Gasteiger charge is -2.19. The number of benzene rings is 1. The van der Waals surface area contributed by atoms with Crippen LogP contribution in [-0.4, -0.2) is 10.9 Å². The number of nitrogens with zero attached hydrogens (tertiary/aromatic N) is 1. The van der Waals surface area contributed by atoms with Gasteiger partial charge in [-0.05, 0) is 18.4 Å². The van der Waals surface area contributed by atoms with Gasteiger partial charge in [-0.1, -0.05) is 49.6 Å². The average Bonchev–Trinajstić information content (AvgIpc) is 3.04. The van der Waals surface area contributed by atoms with Crippen LogP contribution in [0.4, 0.5) is 0 Å². The largest absolute Gasteiger partial charge is 0.349 e. The van der Waals surface area contributed by atoms with Crippen molar-refractivity contribution in [2.24, 2.45) is 0 Å². The summed E-state index contributed by atoms with van der Waals surface area (Å²) in [6.45, 7) is 0.545. The van der Waals surface area contributed by atoms with Crippen molar-refractivity contribution >= 4 is 17.2 Å². The van der Waals surface area contributed by atoms with Crippen LogP contribution >= 0.6 is 11.3 Å². The molecule has 116 valence electrons. The predicted octanol–water partition coefficient (Wildman–Crippen LogP) is 4.05. The third-order valence-electron chi connectivity index (χ3n) is 4.24. The molecule has 0 aliphatic heterocycles. The van der Waals surface area contributed by atoms with E-state index < -0.39 is 0 Å². The number of carbonyl (C=O) groups excluding carboxylic acids is 1. The molecular weight excluding hydrogens is 292 g/mol. The van der Waals surface area contributed by atoms with Crippen LogP contribution in [0.15, 0.2) is 35.7 Å². The Kier molecular flexibility index (Phi) is 5.22. The first-order valence-electron chi connectivity index (χ1n) is 8.06. The van der Waals surface area contributed by atoms with Gasteiger partial charge in [-0.3, -0.25) is 4.79 Å². The molecule has 1 aromatic heterocycles. The molecule has 0 atom stereocenters. The molecule has 1 amide bonds. The summed E-state index contributed by atoms with van der Waals surface area (Å²) in [5.41, 5.74) is 2.28. The van der Waals surface area contributed by atoms with E-state index in [1.165, 1.54) is 37.8 Å². The van der Waals surface area contributed by atoms with Crippen LogP contribution in [0, 0.1) is 0 Å². The number of nitrogens with one attached hydrogen (secondary N) is 1. The summed E-state index contributed by atoms with van der Waals surface area (Å²) in [4.78, 5) is 16.7. The van der Waals surface area contributed by atoms with Crippen molar-refractivity contribution in [3.63, 3.8) is 0 Å². The fourth-order valence-electron chi connectivity index (χ4n) is 3.01. The summed E-state index contributed by atoms with van der Waals surface area (Å²) in [7, 11) is 0. The molecule has 1 fully saturated rings. The fraction of sp³-hybridized carbons (Fsp3) is 0.444. The average molecular weight is 314 g/mol. The zero-order chi connectivity index (χ0) is 15.2. The van der Waals surface area contributed by atoms with Gasteiger partial charge in [-0.15, -0.1) is 11.3 Å². The molecule has 1 aliphatic rings. The molecule has 0 bridgehead atoms. The fourth-order valence-corrected chi connectivity index (χ4v) is 3.83. The minimum Gasteiger partial charge on any atom is -0.349 e. The molecule has 0 radical (unpaired) electrons. The van der Waals surface area contributed by atoms with Crippen molar-refractivity contribution in [3.8, 4) is 0 Å². The van der Waals surface area contributed by atoms with Gasteiger partial charge in [0.05, 0.1) is 18.7 Å². The van der Waals surface area contributed by atoms with Gasteiger partial charge in [0.15, 0.2) is 0 Å². The number of aromatic nitrogens is 1. The van der Waals surface area contributed by atoms with Crippen molar-refractivity contribution in [2.45, 2.75) is 51.0 Å². The second kappa shape index (κ2) is 7.54. The van der Waals surface area contributed by atoms with Gasteiger partial charge >= 0.3 is 0 Å². The molecule has 1 heterocycles. The highest BCUT2D eigenvalue weighted by Crippen LogP contribution is 2.32. The Bertz CT molecular complexity index is 603. The van der Waals surface area contributed by atoms with Crippen LogP contribution in [0.3, 0.4) is 0 Å². The highest BCUT2D eigenvalue weighted by atomic mass is 32.1. The van der Waals surface area contributed by atoms with Crippen molar-refractivity contribution < 1.29 is 4.79 Å². The van der Waals surface area contributed by atoms with Gasteiger partial charge in [0.1, 0.15) is 5.01 Å². The molecule has 0 unspecified atom stereocenters. The third-order valence-corrected chi connectivity index (χ3v) is 5.10. The first-order chi connectivity index (χ1) is 10.8. The number of amides is 1. The maximum absolute atomic E-state index is 12.0. The van der Waals surface area contributed by atoms with Crippen LogP contribution in [0.2, 0.25) is 0 Å². The Morgan fingerprint density at radius 2 is 1.95 bits per heavy atom. The van der Waals surface area contributed by atoms with E-state index in [4.69, 9.17) is 4.98 Å². The zero-order valence-electron chi connectivity index (χ0n) is 12.8. The highest BCUT2D eigenvalue weighted by molar-refractivity contribution is 7.09. The first kappa shape index (κ1) is 15.2. The molecule has 1 aromatic carbocycles. The van der Waals surface area contributed by atoms with Gasteiger partial charge in [-0.2, -0.15) is 0 Å². The molecular formula is C18H22N2OS. The number of rotatable bonds is 5. The lowest BCUT2D eigenvalue weighted by atomic mass is 9.87. The van der Waals surface area contributed by atoms with Crippen molar-refractivity contribution in [2.75, 3.05) is 0 Å². The molecule has 0 saturated heterocycles. The van der Waals surface area contributed by atoms with Gasteiger partial charge in [0, 0.05) is 11.3 Å².